The van der Waals surface area contributed by atoms with Gasteiger partial charge >= 0.3 is 5.08 Å². The highest BCUT2D eigenvalue weighted by atomic mass is 127. The summed E-state index contributed by atoms with van der Waals surface area (Å²) in [5.41, 5.74) is 0.653. The highest BCUT2D eigenvalue weighted by Gasteiger charge is 2.02. The number of nitrogens with zero attached hydrogens (tertiary/aromatic N) is 3. The van der Waals surface area contributed by atoms with Crippen molar-refractivity contribution in [3.63, 3.8) is 0 Å². The average molecular weight is 352 g/mol. The van der Waals surface area contributed by atoms with Crippen molar-refractivity contribution in [1.82, 2.24) is 0 Å². The van der Waals surface area contributed by atoms with Gasteiger partial charge < -0.3 is 4.74 Å². The summed E-state index contributed by atoms with van der Waals surface area (Å²) in [6.07, 6.45) is 7.72. The molecule has 0 aliphatic heterocycles. The highest BCUT2D eigenvalue weighted by Crippen LogP contribution is 2.19. The maximum absolute atomic E-state index is 8.33. The number of ether oxygens (including phenoxy) is 1. The monoisotopic (exact) mass is 352 g/mol. The van der Waals surface area contributed by atoms with Crippen LogP contribution in [0.3, 0.4) is 0 Å². The molecule has 0 saturated carbocycles. The molecule has 5 heteroatoms. The number of diazo groups is 1. The Hall–Kier alpha value is -1.81. The first kappa shape index (κ1) is 12.6. The summed E-state index contributed by atoms with van der Waals surface area (Å²) in [7, 11) is 1.67. The number of methoxy groups -OCH3 is 1. The van der Waals surface area contributed by atoms with Gasteiger partial charge in [-0.15, -0.1) is 0 Å². The van der Waals surface area contributed by atoms with Crippen LogP contribution >= 0.6 is 20.7 Å². The molecule has 0 amide bonds. The first-order valence-corrected chi connectivity index (χ1v) is 7.41. The van der Waals surface area contributed by atoms with Crippen molar-refractivity contribution in [1.29, 1.82) is 5.39 Å². The van der Waals surface area contributed by atoms with Gasteiger partial charge in [0, 0.05) is 7.08 Å². The van der Waals surface area contributed by atoms with Gasteiger partial charge in [0.15, 0.2) is 10.8 Å². The van der Waals surface area contributed by atoms with Crippen LogP contribution in [-0.2, 0) is 0 Å². The first-order chi connectivity index (χ1) is 8.81. The lowest BCUT2D eigenvalue weighted by molar-refractivity contribution is 0.414. The van der Waals surface area contributed by atoms with Crippen LogP contribution in [0.15, 0.2) is 53.7 Å². The van der Waals surface area contributed by atoms with Gasteiger partial charge in [-0.2, -0.15) is 0 Å². The van der Waals surface area contributed by atoms with Crippen LogP contribution in [0.4, 0.5) is 0 Å². The van der Waals surface area contributed by atoms with Crippen molar-refractivity contribution in [2.75, 3.05) is 7.11 Å². The van der Waals surface area contributed by atoms with Gasteiger partial charge in [-0.1, -0.05) is 20.7 Å². The van der Waals surface area contributed by atoms with Crippen LogP contribution in [0.2, 0.25) is 0 Å². The summed E-state index contributed by atoms with van der Waals surface area (Å²) in [6, 6.07) is 8.13. The third-order valence-corrected chi connectivity index (χ3v) is 4.94. The van der Waals surface area contributed by atoms with Crippen LogP contribution in [-0.4, -0.2) is 16.3 Å². The minimum Gasteiger partial charge on any atom is -0.497 e. The standard InChI is InChI=1S/C13H11IN3O/c1-18-13-8-4-11(5-9-13)14-10-2-6-12(7-3-10)16-17-15/h2-9H,1H3/q+1. The molecule has 18 heavy (non-hydrogen) atoms. The minimum absolute atomic E-state index is 0.202. The molecular formula is C13H11IN3O+. The van der Waals surface area contributed by atoms with E-state index in [4.69, 9.17) is 10.1 Å². The zero-order valence-corrected chi connectivity index (χ0v) is 11.9. The molecule has 0 saturated heterocycles. The van der Waals surface area contributed by atoms with E-state index in [2.05, 4.69) is 22.3 Å². The van der Waals surface area contributed by atoms with Crippen LogP contribution in [0.25, 0.3) is 5.08 Å². The maximum Gasteiger partial charge on any atom is 0.339 e. The molecule has 0 spiro atoms. The van der Waals surface area contributed by atoms with Crippen molar-refractivity contribution >= 4 is 30.0 Å². The van der Waals surface area contributed by atoms with E-state index in [1.165, 1.54) is 7.08 Å². The predicted octanol–water partition coefficient (Wildman–Crippen LogP) is 3.34. The molecule has 0 fully saturated rings. The summed E-state index contributed by atoms with van der Waals surface area (Å²) in [5, 5.41) is 14.6. The number of hydrogen-bond donors (Lipinski definition) is 0. The Morgan fingerprint density at radius 3 is 2.33 bits per heavy atom. The topological polar surface area (TPSA) is 49.7 Å². The van der Waals surface area contributed by atoms with Gasteiger partial charge in [-0.25, -0.2) is 0 Å². The van der Waals surface area contributed by atoms with Crippen LogP contribution in [0.1, 0.15) is 0 Å². The summed E-state index contributed by atoms with van der Waals surface area (Å²) in [4.78, 5) is 0. The fourth-order valence-corrected chi connectivity index (χ4v) is 3.54. The minimum atomic E-state index is -0.202. The molecule has 0 bridgehead atoms. The second-order valence-electron chi connectivity index (χ2n) is 3.42. The average Bonchev–Trinajstić information content (AvgIpc) is 2.42. The van der Waals surface area contributed by atoms with Crippen molar-refractivity contribution in [2.24, 2.45) is 5.10 Å². The Kier molecular flexibility index (Phi) is 4.36. The van der Waals surface area contributed by atoms with E-state index < -0.39 is 0 Å². The van der Waals surface area contributed by atoms with E-state index in [1.807, 2.05) is 36.4 Å². The molecule has 4 nitrogen and oxygen atoms in total. The SMILES string of the molecule is COc1ccc(I=C2C=CC(=N[N+]#N)C=C2)cc1. The molecule has 1 aromatic carbocycles. The zero-order valence-electron chi connectivity index (χ0n) is 9.75. The molecule has 0 radical (unpaired) electrons. The molecule has 1 aliphatic rings. The molecular weight excluding hydrogens is 341 g/mol. The molecule has 90 valence electrons. The zero-order chi connectivity index (χ0) is 12.8. The van der Waals surface area contributed by atoms with E-state index in [9.17, 15) is 0 Å². The molecule has 2 rings (SSSR count). The van der Waals surface area contributed by atoms with Crippen LogP contribution in [0.5, 0.6) is 5.75 Å². The van der Waals surface area contributed by atoms with Crippen molar-refractivity contribution < 1.29 is 4.74 Å². The lowest BCUT2D eigenvalue weighted by Gasteiger charge is -2.01. The Morgan fingerprint density at radius 2 is 1.78 bits per heavy atom. The van der Waals surface area contributed by atoms with Crippen molar-refractivity contribution in [2.45, 2.75) is 0 Å². The molecule has 0 atom stereocenters. The number of halogens is 1. The third-order valence-electron chi connectivity index (χ3n) is 2.25. The molecule has 1 aromatic rings. The van der Waals surface area contributed by atoms with Gasteiger partial charge in [0.05, 0.1) is 7.11 Å². The van der Waals surface area contributed by atoms with Crippen molar-refractivity contribution in [3.05, 3.63) is 57.2 Å². The number of rotatable bonds is 2. The Balaban J connectivity index is 2.16. The Labute approximate surface area is 115 Å². The second kappa shape index (κ2) is 6.21. The lowest BCUT2D eigenvalue weighted by Crippen LogP contribution is -1.97. The molecule has 0 heterocycles. The van der Waals surface area contributed by atoms with Gasteiger partial charge in [-0.05, 0) is 48.6 Å². The van der Waals surface area contributed by atoms with Crippen molar-refractivity contribution in [3.8, 4) is 5.75 Å². The summed E-state index contributed by atoms with van der Waals surface area (Å²) < 4.78 is 7.74. The molecule has 0 unspecified atom stereocenters. The van der Waals surface area contributed by atoms with Crippen LogP contribution in [0, 0.1) is 8.96 Å². The fourth-order valence-electron chi connectivity index (χ4n) is 1.38. The highest BCUT2D eigenvalue weighted by molar-refractivity contribution is 14.2. The van der Waals surface area contributed by atoms with Gasteiger partial charge in [-0.3, -0.25) is 0 Å². The Morgan fingerprint density at radius 1 is 1.11 bits per heavy atom. The third kappa shape index (κ3) is 3.34. The molecule has 1 aliphatic carbocycles. The maximum atomic E-state index is 8.33. The first-order valence-electron chi connectivity index (χ1n) is 5.26. The smallest absolute Gasteiger partial charge is 0.339 e. The largest absolute Gasteiger partial charge is 0.497 e. The quantitative estimate of drug-likeness (QED) is 0.466. The van der Waals surface area contributed by atoms with E-state index in [-0.39, 0.29) is 20.7 Å². The van der Waals surface area contributed by atoms with E-state index in [0.29, 0.717) is 5.71 Å². The molecule has 0 N–H and O–H groups in total. The second-order valence-corrected chi connectivity index (χ2v) is 6.45. The van der Waals surface area contributed by atoms with Crippen LogP contribution < -0.4 is 4.74 Å². The summed E-state index contributed by atoms with van der Waals surface area (Å²) in [5.74, 6) is 0.876. The van der Waals surface area contributed by atoms with E-state index >= 15 is 0 Å². The Bertz CT molecular complexity index is 574. The van der Waals surface area contributed by atoms with E-state index in [1.54, 1.807) is 7.11 Å². The van der Waals surface area contributed by atoms with E-state index in [0.717, 1.165) is 5.75 Å². The number of benzene rings is 1. The van der Waals surface area contributed by atoms with Gasteiger partial charge in [0.1, 0.15) is 5.75 Å². The van der Waals surface area contributed by atoms with Gasteiger partial charge in [0.2, 0.25) is 0 Å². The fraction of sp³-hybridized carbons (Fsp3) is 0.0769. The molecule has 0 aromatic heterocycles. The number of hydrogen-bond acceptors (Lipinski definition) is 3. The summed E-state index contributed by atoms with van der Waals surface area (Å²) >= 11 is -0.202. The normalized spacial score (nSPS) is 13.3. The van der Waals surface area contributed by atoms with Gasteiger partial charge in [0.25, 0.3) is 5.39 Å². The summed E-state index contributed by atoms with van der Waals surface area (Å²) in [6.45, 7) is 0. The lowest BCUT2D eigenvalue weighted by atomic mass is 10.2. The number of allylic oxidation sites excluding steroid dienone is 4. The predicted molar refractivity (Wildman–Crippen MR) is 81.5 cm³/mol.